The lowest BCUT2D eigenvalue weighted by atomic mass is 10.0. The van der Waals surface area contributed by atoms with Gasteiger partial charge in [0.05, 0.1) is 12.5 Å². The first-order valence-electron chi connectivity index (χ1n) is 4.23. The van der Waals surface area contributed by atoms with E-state index in [2.05, 4.69) is 0 Å². The van der Waals surface area contributed by atoms with Crippen molar-refractivity contribution in [3.8, 4) is 0 Å². The Labute approximate surface area is 75.9 Å². The van der Waals surface area contributed by atoms with Crippen molar-refractivity contribution >= 4 is 5.97 Å². The first kappa shape index (κ1) is 10.4. The van der Waals surface area contributed by atoms with Gasteiger partial charge in [0.1, 0.15) is 18.3 Å². The second-order valence-corrected chi connectivity index (χ2v) is 3.35. The molecular formula is C8H14O5. The van der Waals surface area contributed by atoms with Gasteiger partial charge in [0, 0.05) is 6.42 Å². The van der Waals surface area contributed by atoms with Crippen molar-refractivity contribution in [2.75, 3.05) is 6.61 Å². The van der Waals surface area contributed by atoms with Crippen molar-refractivity contribution in [1.29, 1.82) is 0 Å². The molecule has 4 atom stereocenters. The topological polar surface area (TPSA) is 87.0 Å². The Kier molecular flexibility index (Phi) is 3.24. The molecule has 1 heterocycles. The number of cyclic esters (lactones) is 1. The predicted octanol–water partition coefficient (Wildman–Crippen LogP) is -1.35. The van der Waals surface area contributed by atoms with Gasteiger partial charge in [-0.15, -0.1) is 0 Å². The van der Waals surface area contributed by atoms with Gasteiger partial charge in [-0.3, -0.25) is 4.79 Å². The molecule has 13 heavy (non-hydrogen) atoms. The van der Waals surface area contributed by atoms with Gasteiger partial charge < -0.3 is 20.1 Å². The molecule has 0 saturated carbocycles. The maximum atomic E-state index is 10.9. The summed E-state index contributed by atoms with van der Waals surface area (Å²) >= 11 is 0. The summed E-state index contributed by atoms with van der Waals surface area (Å²) in [5, 5.41) is 27.0. The van der Waals surface area contributed by atoms with Crippen LogP contribution in [0.2, 0.25) is 0 Å². The average Bonchev–Trinajstić information content (AvgIpc) is 2.44. The summed E-state index contributed by atoms with van der Waals surface area (Å²) in [6.07, 6.45) is -2.75. The van der Waals surface area contributed by atoms with Gasteiger partial charge in [-0.25, -0.2) is 0 Å². The third-order valence-corrected chi connectivity index (χ3v) is 2.22. The van der Waals surface area contributed by atoms with Crippen LogP contribution in [0.3, 0.4) is 0 Å². The van der Waals surface area contributed by atoms with Crippen LogP contribution in [0.15, 0.2) is 0 Å². The lowest BCUT2D eigenvalue weighted by Gasteiger charge is -2.20. The molecule has 0 aliphatic carbocycles. The molecule has 1 fully saturated rings. The largest absolute Gasteiger partial charge is 0.459 e. The number of rotatable bonds is 3. The molecule has 0 aromatic carbocycles. The lowest BCUT2D eigenvalue weighted by molar-refractivity contribution is -0.151. The fourth-order valence-electron chi connectivity index (χ4n) is 1.32. The van der Waals surface area contributed by atoms with E-state index in [1.54, 1.807) is 6.92 Å². The molecule has 76 valence electrons. The van der Waals surface area contributed by atoms with Gasteiger partial charge in [-0.1, -0.05) is 6.92 Å². The third kappa shape index (κ3) is 2.18. The molecule has 0 spiro atoms. The molecular weight excluding hydrogens is 176 g/mol. The number of ether oxygens (including phenoxy) is 1. The second kappa shape index (κ2) is 4.04. The van der Waals surface area contributed by atoms with Crippen molar-refractivity contribution in [2.24, 2.45) is 5.92 Å². The Bertz CT molecular complexity index is 193. The van der Waals surface area contributed by atoms with Crippen molar-refractivity contribution in [2.45, 2.75) is 31.7 Å². The van der Waals surface area contributed by atoms with E-state index in [0.29, 0.717) is 6.42 Å². The van der Waals surface area contributed by atoms with Crippen molar-refractivity contribution in [3.05, 3.63) is 0 Å². The monoisotopic (exact) mass is 190 g/mol. The van der Waals surface area contributed by atoms with Crippen LogP contribution in [-0.2, 0) is 9.53 Å². The van der Waals surface area contributed by atoms with Crippen LogP contribution in [0.5, 0.6) is 0 Å². The number of aliphatic hydroxyl groups excluding tert-OH is 3. The van der Waals surface area contributed by atoms with Crippen LogP contribution < -0.4 is 0 Å². The first-order chi connectivity index (χ1) is 6.06. The number of carbonyl (C=O) groups is 1. The summed E-state index contributed by atoms with van der Waals surface area (Å²) < 4.78 is 4.80. The van der Waals surface area contributed by atoms with E-state index in [1.807, 2.05) is 0 Å². The van der Waals surface area contributed by atoms with Crippen LogP contribution in [0.25, 0.3) is 0 Å². The summed E-state index contributed by atoms with van der Waals surface area (Å²) in [5.74, 6) is -0.611. The van der Waals surface area contributed by atoms with Gasteiger partial charge >= 0.3 is 5.97 Å². The minimum Gasteiger partial charge on any atom is -0.459 e. The molecule has 0 aromatic heterocycles. The standard InChI is InChI=1S/C8H14O5/c1-4-2-6(13-8(4)12)7(11)5(10)3-9/h4-7,9-11H,2-3H2,1H3. The third-order valence-electron chi connectivity index (χ3n) is 2.22. The molecule has 4 unspecified atom stereocenters. The Morgan fingerprint density at radius 2 is 2.23 bits per heavy atom. The summed E-state index contributed by atoms with van der Waals surface area (Å²) in [6, 6.07) is 0. The number of hydrogen-bond acceptors (Lipinski definition) is 5. The fourth-order valence-corrected chi connectivity index (χ4v) is 1.32. The van der Waals surface area contributed by atoms with Gasteiger partial charge in [-0.2, -0.15) is 0 Å². The van der Waals surface area contributed by atoms with Gasteiger partial charge in [0.2, 0.25) is 0 Å². The van der Waals surface area contributed by atoms with Crippen molar-refractivity contribution in [3.63, 3.8) is 0 Å². The second-order valence-electron chi connectivity index (χ2n) is 3.35. The molecule has 1 aliphatic rings. The zero-order chi connectivity index (χ0) is 10.0. The number of aliphatic hydroxyl groups is 3. The Hall–Kier alpha value is -0.650. The lowest BCUT2D eigenvalue weighted by Crippen LogP contribution is -2.39. The van der Waals surface area contributed by atoms with E-state index in [-0.39, 0.29) is 11.9 Å². The van der Waals surface area contributed by atoms with Crippen LogP contribution in [0.1, 0.15) is 13.3 Å². The molecule has 0 radical (unpaired) electrons. The highest BCUT2D eigenvalue weighted by Crippen LogP contribution is 2.23. The maximum absolute atomic E-state index is 10.9. The molecule has 0 amide bonds. The zero-order valence-electron chi connectivity index (χ0n) is 7.38. The summed E-state index contributed by atoms with van der Waals surface area (Å²) in [5.41, 5.74) is 0. The highest BCUT2D eigenvalue weighted by molar-refractivity contribution is 5.74. The van der Waals surface area contributed by atoms with Crippen LogP contribution in [0.4, 0.5) is 0 Å². The summed E-state index contributed by atoms with van der Waals surface area (Å²) in [6.45, 7) is 1.16. The molecule has 0 bridgehead atoms. The van der Waals surface area contributed by atoms with E-state index in [9.17, 15) is 9.90 Å². The van der Waals surface area contributed by atoms with E-state index < -0.39 is 24.9 Å². The van der Waals surface area contributed by atoms with Crippen LogP contribution >= 0.6 is 0 Å². The van der Waals surface area contributed by atoms with Gasteiger partial charge in [0.25, 0.3) is 0 Å². The van der Waals surface area contributed by atoms with E-state index in [0.717, 1.165) is 0 Å². The van der Waals surface area contributed by atoms with Gasteiger partial charge in [0.15, 0.2) is 0 Å². The molecule has 5 heteroatoms. The molecule has 3 N–H and O–H groups in total. The van der Waals surface area contributed by atoms with E-state index in [1.165, 1.54) is 0 Å². The quantitative estimate of drug-likeness (QED) is 0.479. The Morgan fingerprint density at radius 1 is 1.62 bits per heavy atom. The number of hydrogen-bond donors (Lipinski definition) is 3. The molecule has 0 aromatic rings. The van der Waals surface area contributed by atoms with E-state index >= 15 is 0 Å². The fraction of sp³-hybridized carbons (Fsp3) is 0.875. The average molecular weight is 190 g/mol. The maximum Gasteiger partial charge on any atom is 0.309 e. The summed E-state index contributed by atoms with van der Waals surface area (Å²) in [7, 11) is 0. The van der Waals surface area contributed by atoms with Crippen molar-refractivity contribution in [1.82, 2.24) is 0 Å². The predicted molar refractivity (Wildman–Crippen MR) is 42.8 cm³/mol. The minimum atomic E-state index is -1.25. The SMILES string of the molecule is CC1CC(C(O)C(O)CO)OC1=O. The Balaban J connectivity index is 2.50. The summed E-state index contributed by atoms with van der Waals surface area (Å²) in [4.78, 5) is 10.9. The number of esters is 1. The minimum absolute atomic E-state index is 0.245. The Morgan fingerprint density at radius 3 is 2.62 bits per heavy atom. The smallest absolute Gasteiger partial charge is 0.309 e. The normalized spacial score (nSPS) is 32.8. The molecule has 1 saturated heterocycles. The van der Waals surface area contributed by atoms with E-state index in [4.69, 9.17) is 14.9 Å². The van der Waals surface area contributed by atoms with Crippen LogP contribution in [0, 0.1) is 5.92 Å². The van der Waals surface area contributed by atoms with Gasteiger partial charge in [-0.05, 0) is 0 Å². The first-order valence-corrected chi connectivity index (χ1v) is 4.23. The molecule has 1 rings (SSSR count). The molecule has 5 nitrogen and oxygen atoms in total. The zero-order valence-corrected chi connectivity index (χ0v) is 7.38. The molecule has 1 aliphatic heterocycles. The number of carbonyl (C=O) groups excluding carboxylic acids is 1. The highest BCUT2D eigenvalue weighted by atomic mass is 16.6. The highest BCUT2D eigenvalue weighted by Gasteiger charge is 2.38. The van der Waals surface area contributed by atoms with Crippen LogP contribution in [-0.4, -0.2) is 46.2 Å². The van der Waals surface area contributed by atoms with Crippen molar-refractivity contribution < 1.29 is 24.9 Å².